The Morgan fingerprint density at radius 3 is 2.15 bits per heavy atom. The molecule has 0 aliphatic carbocycles. The number of fused-ring (bicyclic) bond motifs is 2. The highest BCUT2D eigenvalue weighted by molar-refractivity contribution is 7.80. The van der Waals surface area contributed by atoms with Gasteiger partial charge in [-0.15, -0.1) is 20.5 Å². The van der Waals surface area contributed by atoms with Gasteiger partial charge in [0.15, 0.2) is 17.3 Å². The quantitative estimate of drug-likeness (QED) is 0.288. The molecule has 0 saturated carbocycles. The van der Waals surface area contributed by atoms with Gasteiger partial charge in [-0.25, -0.2) is 0 Å². The molecule has 0 unspecified atom stereocenters. The number of aromatic nitrogens is 2. The van der Waals surface area contributed by atoms with Gasteiger partial charge >= 0.3 is 0 Å². The summed E-state index contributed by atoms with van der Waals surface area (Å²) in [6, 6.07) is 14.5. The summed E-state index contributed by atoms with van der Waals surface area (Å²) in [6.07, 6.45) is 0. The van der Waals surface area contributed by atoms with Gasteiger partial charge in [-0.3, -0.25) is 0 Å². The maximum Gasteiger partial charge on any atom is 0.259 e. The number of aromatic hydroxyl groups is 2. The van der Waals surface area contributed by atoms with E-state index in [9.17, 15) is 10.2 Å². The van der Waals surface area contributed by atoms with Gasteiger partial charge < -0.3 is 20.2 Å². The highest BCUT2D eigenvalue weighted by Crippen LogP contribution is 2.36. The van der Waals surface area contributed by atoms with E-state index in [-0.39, 0.29) is 28.2 Å². The molecule has 2 heterocycles. The first-order chi connectivity index (χ1) is 12.6. The van der Waals surface area contributed by atoms with Gasteiger partial charge in [-0.2, -0.15) is 0 Å². The maximum atomic E-state index is 10.1. The van der Waals surface area contributed by atoms with E-state index >= 15 is 0 Å². The second-order valence-electron chi connectivity index (χ2n) is 5.42. The van der Waals surface area contributed by atoms with E-state index in [0.29, 0.717) is 10.8 Å². The molecule has 8 nitrogen and oxygen atoms in total. The number of para-hydroxylation sites is 2. The summed E-state index contributed by atoms with van der Waals surface area (Å²) in [6.45, 7) is 0. The van der Waals surface area contributed by atoms with Crippen molar-refractivity contribution in [2.45, 2.75) is 0 Å². The van der Waals surface area contributed by atoms with E-state index in [1.165, 1.54) is 0 Å². The van der Waals surface area contributed by atoms with Crippen molar-refractivity contribution in [1.29, 1.82) is 0 Å². The molecule has 0 aliphatic rings. The summed E-state index contributed by atoms with van der Waals surface area (Å²) in [5, 5.41) is 36.6. The smallest absolute Gasteiger partial charge is 0.259 e. The summed E-state index contributed by atoms with van der Waals surface area (Å²) in [5.74, 6) is 0.0556. The second-order valence-corrected chi connectivity index (χ2v) is 5.78. The monoisotopic (exact) mass is 364 g/mol. The fraction of sp³-hybridized carbons (Fsp3) is 0. The lowest BCUT2D eigenvalue weighted by atomic mass is 10.2. The summed E-state index contributed by atoms with van der Waals surface area (Å²) < 4.78 is 0. The van der Waals surface area contributed by atoms with Crippen LogP contribution >= 0.6 is 12.2 Å². The largest absolute Gasteiger partial charge is 0.504 e. The zero-order chi connectivity index (χ0) is 18.1. The molecule has 128 valence electrons. The molecule has 4 rings (SSSR count). The first-order valence-corrected chi connectivity index (χ1v) is 8.01. The average Bonchev–Trinajstić information content (AvgIpc) is 3.15. The molecule has 0 aliphatic heterocycles. The van der Waals surface area contributed by atoms with Crippen molar-refractivity contribution in [2.75, 3.05) is 0 Å². The highest BCUT2D eigenvalue weighted by Gasteiger charge is 2.10. The SMILES string of the molecule is Oc1[nH]c2ccccc2c1N=NC(=S)/N=N/c1[nH]c2ccccc2c1O. The minimum absolute atomic E-state index is 0.0154. The minimum atomic E-state index is -0.146. The Balaban J connectivity index is 1.58. The van der Waals surface area contributed by atoms with Crippen molar-refractivity contribution < 1.29 is 10.2 Å². The van der Waals surface area contributed by atoms with Gasteiger partial charge in [0.05, 0.1) is 11.0 Å². The van der Waals surface area contributed by atoms with E-state index in [2.05, 4.69) is 30.4 Å². The summed E-state index contributed by atoms with van der Waals surface area (Å²) in [5.41, 5.74) is 1.73. The molecule has 0 bridgehead atoms. The molecular weight excluding hydrogens is 352 g/mol. The first-order valence-electron chi connectivity index (χ1n) is 7.60. The fourth-order valence-corrected chi connectivity index (χ4v) is 2.69. The third-order valence-corrected chi connectivity index (χ3v) is 3.95. The van der Waals surface area contributed by atoms with Crippen molar-refractivity contribution in [3.63, 3.8) is 0 Å². The van der Waals surface area contributed by atoms with Crippen LogP contribution in [0.25, 0.3) is 21.8 Å². The zero-order valence-corrected chi connectivity index (χ0v) is 14.0. The predicted octanol–water partition coefficient (Wildman–Crippen LogP) is 5.21. The Labute approximate surface area is 151 Å². The molecule has 2 aromatic carbocycles. The van der Waals surface area contributed by atoms with Crippen LogP contribution in [0.15, 0.2) is 69.0 Å². The van der Waals surface area contributed by atoms with Gasteiger partial charge in [0.25, 0.3) is 5.11 Å². The molecule has 26 heavy (non-hydrogen) atoms. The predicted molar refractivity (Wildman–Crippen MR) is 102 cm³/mol. The molecule has 4 aromatic rings. The van der Waals surface area contributed by atoms with Crippen LogP contribution in [-0.2, 0) is 0 Å². The van der Waals surface area contributed by atoms with Gasteiger partial charge in [-0.1, -0.05) is 30.3 Å². The number of benzene rings is 2. The number of nitrogens with zero attached hydrogens (tertiary/aromatic N) is 4. The summed E-state index contributed by atoms with van der Waals surface area (Å²) >= 11 is 5.01. The van der Waals surface area contributed by atoms with Crippen molar-refractivity contribution in [2.24, 2.45) is 20.5 Å². The van der Waals surface area contributed by atoms with Crippen LogP contribution in [-0.4, -0.2) is 25.3 Å². The Bertz CT molecular complexity index is 1190. The Morgan fingerprint density at radius 2 is 1.42 bits per heavy atom. The van der Waals surface area contributed by atoms with E-state index in [0.717, 1.165) is 11.0 Å². The molecule has 0 atom stereocenters. The molecule has 0 spiro atoms. The van der Waals surface area contributed by atoms with Gasteiger partial charge in [0.2, 0.25) is 5.88 Å². The molecular formula is C17H12N6O2S. The maximum absolute atomic E-state index is 10.1. The van der Waals surface area contributed by atoms with Crippen molar-refractivity contribution in [3.05, 3.63) is 48.5 Å². The molecule has 4 N–H and O–H groups in total. The number of thiocarbonyl (C=S) groups is 1. The van der Waals surface area contributed by atoms with Crippen molar-refractivity contribution >= 4 is 50.6 Å². The van der Waals surface area contributed by atoms with Crippen LogP contribution in [0, 0.1) is 0 Å². The molecule has 2 aromatic heterocycles. The van der Waals surface area contributed by atoms with Crippen molar-refractivity contribution in [1.82, 2.24) is 9.97 Å². The lowest BCUT2D eigenvalue weighted by Gasteiger charge is -1.91. The number of nitrogens with one attached hydrogen (secondary N) is 2. The van der Waals surface area contributed by atoms with Crippen LogP contribution in [0.1, 0.15) is 0 Å². The Morgan fingerprint density at radius 1 is 0.808 bits per heavy atom. The van der Waals surface area contributed by atoms with E-state index < -0.39 is 0 Å². The van der Waals surface area contributed by atoms with Crippen LogP contribution in [0.3, 0.4) is 0 Å². The van der Waals surface area contributed by atoms with E-state index in [4.69, 9.17) is 12.2 Å². The van der Waals surface area contributed by atoms with Gasteiger partial charge in [-0.05, 0) is 30.4 Å². The Hall–Kier alpha value is -3.59. The highest BCUT2D eigenvalue weighted by atomic mass is 32.1. The third-order valence-electron chi connectivity index (χ3n) is 3.79. The number of aromatic amines is 2. The molecule has 0 radical (unpaired) electrons. The minimum Gasteiger partial charge on any atom is -0.504 e. The lowest BCUT2D eigenvalue weighted by Crippen LogP contribution is -1.78. The summed E-state index contributed by atoms with van der Waals surface area (Å²) in [7, 11) is 0. The zero-order valence-electron chi connectivity index (χ0n) is 13.2. The number of hydrogen-bond acceptors (Lipinski definition) is 5. The number of H-pyrrole nitrogens is 2. The van der Waals surface area contributed by atoms with E-state index in [1.54, 1.807) is 12.1 Å². The molecule has 0 fully saturated rings. The molecule has 0 saturated heterocycles. The standard InChI is InChI=1S/C17H12N6O2S/c24-14-10-6-2-4-8-12(10)18-15(14)21-23-17(26)22-20-13-9-5-1-3-7-11(9)19-16(13)25/h1-8,18-19,24-25H/b22-20?,23-21+. The normalized spacial score (nSPS) is 12.0. The third kappa shape index (κ3) is 2.80. The van der Waals surface area contributed by atoms with Crippen LogP contribution in [0.2, 0.25) is 0 Å². The van der Waals surface area contributed by atoms with Crippen LogP contribution < -0.4 is 0 Å². The van der Waals surface area contributed by atoms with Crippen molar-refractivity contribution in [3.8, 4) is 11.6 Å². The number of azo groups is 2. The average molecular weight is 364 g/mol. The van der Waals surface area contributed by atoms with E-state index in [1.807, 2.05) is 36.4 Å². The first kappa shape index (κ1) is 15.9. The van der Waals surface area contributed by atoms with Crippen LogP contribution in [0.5, 0.6) is 11.6 Å². The van der Waals surface area contributed by atoms with Gasteiger partial charge in [0, 0.05) is 10.8 Å². The lowest BCUT2D eigenvalue weighted by molar-refractivity contribution is 0.459. The number of hydrogen-bond donors (Lipinski definition) is 4. The fourth-order valence-electron chi connectivity index (χ4n) is 2.61. The second kappa shape index (κ2) is 6.37. The summed E-state index contributed by atoms with van der Waals surface area (Å²) in [4.78, 5) is 5.73. The number of rotatable bonds is 2. The Kier molecular flexibility index (Phi) is 3.90. The molecule has 0 amide bonds. The van der Waals surface area contributed by atoms with Crippen LogP contribution in [0.4, 0.5) is 11.5 Å². The van der Waals surface area contributed by atoms with Gasteiger partial charge in [0.1, 0.15) is 0 Å². The molecule has 9 heteroatoms. The topological polar surface area (TPSA) is 121 Å².